The molecule has 0 saturated carbocycles. The number of hydrogen-bond acceptors (Lipinski definition) is 3. The molecule has 1 saturated heterocycles. The summed E-state index contributed by atoms with van der Waals surface area (Å²) in [6.07, 6.45) is 3.78. The predicted octanol–water partition coefficient (Wildman–Crippen LogP) is 2.61. The molecule has 1 fully saturated rings. The van der Waals surface area contributed by atoms with Gasteiger partial charge in [-0.15, -0.1) is 0 Å². The third-order valence-electron chi connectivity index (χ3n) is 3.31. The predicted molar refractivity (Wildman–Crippen MR) is 71.5 cm³/mol. The molecule has 0 N–H and O–H groups in total. The van der Waals surface area contributed by atoms with Crippen molar-refractivity contribution < 1.29 is 0 Å². The van der Waals surface area contributed by atoms with E-state index in [9.17, 15) is 5.26 Å². The molecule has 1 aliphatic heterocycles. The second kappa shape index (κ2) is 5.09. The van der Waals surface area contributed by atoms with E-state index in [-0.39, 0.29) is 0 Å². The molecule has 0 aliphatic carbocycles. The highest BCUT2D eigenvalue weighted by Crippen LogP contribution is 2.28. The van der Waals surface area contributed by atoms with Crippen LogP contribution in [0.4, 0.5) is 11.4 Å². The van der Waals surface area contributed by atoms with Crippen molar-refractivity contribution in [3.05, 3.63) is 23.8 Å². The van der Waals surface area contributed by atoms with Gasteiger partial charge in [-0.05, 0) is 37.5 Å². The van der Waals surface area contributed by atoms with Crippen LogP contribution < -0.4 is 9.80 Å². The van der Waals surface area contributed by atoms with Crippen molar-refractivity contribution in [1.29, 1.82) is 5.26 Å². The van der Waals surface area contributed by atoms with E-state index in [0.29, 0.717) is 0 Å². The van der Waals surface area contributed by atoms with Crippen LogP contribution in [-0.4, -0.2) is 27.2 Å². The van der Waals surface area contributed by atoms with Crippen LogP contribution in [0.15, 0.2) is 18.2 Å². The summed E-state index contributed by atoms with van der Waals surface area (Å²) in [5, 5.41) is 9.19. The molecule has 3 heteroatoms. The van der Waals surface area contributed by atoms with Gasteiger partial charge in [-0.1, -0.05) is 0 Å². The molecule has 2 rings (SSSR count). The molecule has 90 valence electrons. The van der Waals surface area contributed by atoms with Crippen LogP contribution in [0.5, 0.6) is 0 Å². The maximum absolute atomic E-state index is 9.19. The second-order valence-electron chi connectivity index (χ2n) is 4.76. The first-order valence-corrected chi connectivity index (χ1v) is 6.19. The fourth-order valence-electron chi connectivity index (χ4n) is 2.29. The Morgan fingerprint density at radius 2 is 1.88 bits per heavy atom. The van der Waals surface area contributed by atoms with E-state index in [0.717, 1.165) is 30.0 Å². The van der Waals surface area contributed by atoms with Gasteiger partial charge >= 0.3 is 0 Å². The lowest BCUT2D eigenvalue weighted by Gasteiger charge is -2.30. The second-order valence-corrected chi connectivity index (χ2v) is 4.76. The molecular formula is C14H19N3. The zero-order valence-corrected chi connectivity index (χ0v) is 10.6. The number of rotatable bonds is 2. The van der Waals surface area contributed by atoms with Crippen LogP contribution >= 0.6 is 0 Å². The average molecular weight is 229 g/mol. The fraction of sp³-hybridized carbons (Fsp3) is 0.500. The monoisotopic (exact) mass is 229 g/mol. The minimum absolute atomic E-state index is 0.789. The van der Waals surface area contributed by atoms with E-state index >= 15 is 0 Å². The molecular weight excluding hydrogens is 210 g/mol. The number of piperidine rings is 1. The summed E-state index contributed by atoms with van der Waals surface area (Å²) in [5.41, 5.74) is 3.04. The van der Waals surface area contributed by atoms with Crippen molar-refractivity contribution in [2.45, 2.75) is 19.3 Å². The van der Waals surface area contributed by atoms with E-state index < -0.39 is 0 Å². The van der Waals surface area contributed by atoms with Crippen molar-refractivity contribution in [1.82, 2.24) is 0 Å². The van der Waals surface area contributed by atoms with Gasteiger partial charge in [-0.3, -0.25) is 0 Å². The topological polar surface area (TPSA) is 30.3 Å². The van der Waals surface area contributed by atoms with Crippen molar-refractivity contribution in [3.63, 3.8) is 0 Å². The Bertz CT molecular complexity index is 426. The van der Waals surface area contributed by atoms with Gasteiger partial charge in [0.25, 0.3) is 0 Å². The highest BCUT2D eigenvalue weighted by molar-refractivity contribution is 5.67. The Balaban J connectivity index is 2.35. The third-order valence-corrected chi connectivity index (χ3v) is 3.31. The molecule has 1 aromatic rings. The van der Waals surface area contributed by atoms with Gasteiger partial charge < -0.3 is 9.80 Å². The summed E-state index contributed by atoms with van der Waals surface area (Å²) in [4.78, 5) is 4.42. The lowest BCUT2D eigenvalue weighted by molar-refractivity contribution is 0.577. The van der Waals surface area contributed by atoms with Crippen LogP contribution in [-0.2, 0) is 0 Å². The standard InChI is InChI=1S/C14H19N3/c1-16(2)13-7-6-12(11-15)14(10-13)17-8-4-3-5-9-17/h6-7,10H,3-5,8-9H2,1-2H3. The van der Waals surface area contributed by atoms with Crippen LogP contribution in [0.3, 0.4) is 0 Å². The smallest absolute Gasteiger partial charge is 0.101 e. The molecule has 0 unspecified atom stereocenters. The molecule has 1 aromatic carbocycles. The fourth-order valence-corrected chi connectivity index (χ4v) is 2.29. The van der Waals surface area contributed by atoms with Crippen molar-refractivity contribution in [3.8, 4) is 6.07 Å². The van der Waals surface area contributed by atoms with Gasteiger partial charge in [0.05, 0.1) is 11.3 Å². The molecule has 0 amide bonds. The lowest BCUT2D eigenvalue weighted by Crippen LogP contribution is -2.30. The van der Waals surface area contributed by atoms with Crippen LogP contribution in [0.2, 0.25) is 0 Å². The van der Waals surface area contributed by atoms with Crippen LogP contribution in [0, 0.1) is 11.3 Å². The molecule has 0 atom stereocenters. The summed E-state index contributed by atoms with van der Waals surface area (Å²) in [5.74, 6) is 0. The minimum Gasteiger partial charge on any atom is -0.378 e. The summed E-state index contributed by atoms with van der Waals surface area (Å²) >= 11 is 0. The van der Waals surface area contributed by atoms with Gasteiger partial charge in [0.2, 0.25) is 0 Å². The van der Waals surface area contributed by atoms with Gasteiger partial charge in [0.1, 0.15) is 6.07 Å². The number of benzene rings is 1. The summed E-state index contributed by atoms with van der Waals surface area (Å²) in [7, 11) is 4.06. The van der Waals surface area contributed by atoms with Gasteiger partial charge in [-0.25, -0.2) is 0 Å². The Morgan fingerprint density at radius 1 is 1.18 bits per heavy atom. The van der Waals surface area contributed by atoms with Gasteiger partial charge in [-0.2, -0.15) is 5.26 Å². The van der Waals surface area contributed by atoms with E-state index in [4.69, 9.17) is 0 Å². The largest absolute Gasteiger partial charge is 0.378 e. The number of nitrogens with zero attached hydrogens (tertiary/aromatic N) is 3. The molecule has 0 bridgehead atoms. The zero-order valence-electron chi connectivity index (χ0n) is 10.6. The molecule has 1 heterocycles. The van der Waals surface area contributed by atoms with E-state index in [1.807, 2.05) is 26.2 Å². The Labute approximate surface area is 103 Å². The van der Waals surface area contributed by atoms with E-state index in [1.54, 1.807) is 0 Å². The molecule has 0 radical (unpaired) electrons. The average Bonchev–Trinajstić information content (AvgIpc) is 2.39. The van der Waals surface area contributed by atoms with Crippen LogP contribution in [0.1, 0.15) is 24.8 Å². The first-order valence-electron chi connectivity index (χ1n) is 6.19. The first-order chi connectivity index (χ1) is 8.22. The highest BCUT2D eigenvalue weighted by Gasteiger charge is 2.15. The number of nitriles is 1. The van der Waals surface area contributed by atoms with E-state index in [2.05, 4.69) is 21.9 Å². The quantitative estimate of drug-likeness (QED) is 0.781. The molecule has 0 spiro atoms. The van der Waals surface area contributed by atoms with Gasteiger partial charge in [0, 0.05) is 32.9 Å². The maximum atomic E-state index is 9.19. The lowest BCUT2D eigenvalue weighted by atomic mass is 10.1. The zero-order chi connectivity index (χ0) is 12.3. The summed E-state index contributed by atoms with van der Waals surface area (Å²) in [6.45, 7) is 2.15. The van der Waals surface area contributed by atoms with Crippen molar-refractivity contribution in [2.24, 2.45) is 0 Å². The Morgan fingerprint density at radius 3 is 2.47 bits per heavy atom. The molecule has 17 heavy (non-hydrogen) atoms. The summed E-state index contributed by atoms with van der Waals surface area (Å²) in [6, 6.07) is 8.36. The molecule has 1 aliphatic rings. The first kappa shape index (κ1) is 11.8. The van der Waals surface area contributed by atoms with E-state index in [1.165, 1.54) is 19.3 Å². The third kappa shape index (κ3) is 2.52. The minimum atomic E-state index is 0.789. The molecule has 0 aromatic heterocycles. The number of hydrogen-bond donors (Lipinski definition) is 0. The Hall–Kier alpha value is -1.69. The van der Waals surface area contributed by atoms with Crippen molar-refractivity contribution >= 4 is 11.4 Å². The highest BCUT2D eigenvalue weighted by atomic mass is 15.1. The van der Waals surface area contributed by atoms with Crippen LogP contribution in [0.25, 0.3) is 0 Å². The number of anilines is 2. The summed E-state index contributed by atoms with van der Waals surface area (Å²) < 4.78 is 0. The SMILES string of the molecule is CN(C)c1ccc(C#N)c(N2CCCCC2)c1. The van der Waals surface area contributed by atoms with Gasteiger partial charge in [0.15, 0.2) is 0 Å². The van der Waals surface area contributed by atoms with Crippen molar-refractivity contribution in [2.75, 3.05) is 37.0 Å². The Kier molecular flexibility index (Phi) is 3.53. The normalized spacial score (nSPS) is 15.5. The molecule has 3 nitrogen and oxygen atoms in total. The maximum Gasteiger partial charge on any atom is 0.101 e.